The number of hydrogen-bond acceptors (Lipinski definition) is 7. The van der Waals surface area contributed by atoms with Gasteiger partial charge in [0.15, 0.2) is 10.8 Å². The maximum atomic E-state index is 5.86. The average molecular weight is 421 g/mol. The maximum absolute atomic E-state index is 5.86. The molecule has 2 aromatic carbocycles. The van der Waals surface area contributed by atoms with Crippen LogP contribution >= 0.6 is 11.3 Å². The van der Waals surface area contributed by atoms with Crippen molar-refractivity contribution in [3.05, 3.63) is 71.0 Å². The maximum Gasteiger partial charge on any atom is 0.234 e. The van der Waals surface area contributed by atoms with Crippen molar-refractivity contribution < 1.29 is 4.74 Å². The van der Waals surface area contributed by atoms with Crippen LogP contribution in [-0.4, -0.2) is 50.9 Å². The third-order valence-electron chi connectivity index (χ3n) is 5.34. The Kier molecular flexibility index (Phi) is 5.33. The highest BCUT2D eigenvalue weighted by atomic mass is 32.1. The number of aromatic nitrogens is 4. The predicted octanol–water partition coefficient (Wildman–Crippen LogP) is 3.40. The summed E-state index contributed by atoms with van der Waals surface area (Å²) in [6, 6.07) is 18.7. The number of rotatable bonds is 6. The van der Waals surface area contributed by atoms with E-state index in [2.05, 4.69) is 62.4 Å². The Morgan fingerprint density at radius 3 is 2.47 bits per heavy atom. The minimum Gasteiger partial charge on any atom is -0.486 e. The van der Waals surface area contributed by atoms with Crippen LogP contribution in [-0.2, 0) is 13.2 Å². The molecule has 1 aliphatic rings. The number of ether oxygens (including phenoxy) is 1. The average Bonchev–Trinajstić information content (AvgIpc) is 3.36. The molecule has 2 aromatic heterocycles. The summed E-state index contributed by atoms with van der Waals surface area (Å²) >= 11 is 1.53. The Labute approximate surface area is 179 Å². The van der Waals surface area contributed by atoms with E-state index < -0.39 is 0 Å². The third-order valence-corrected chi connectivity index (χ3v) is 6.21. The third kappa shape index (κ3) is 4.15. The smallest absolute Gasteiger partial charge is 0.234 e. The summed E-state index contributed by atoms with van der Waals surface area (Å²) in [5.74, 6) is 1.74. The van der Waals surface area contributed by atoms with Gasteiger partial charge in [0.05, 0.1) is 6.54 Å². The molecule has 7 nitrogen and oxygen atoms in total. The van der Waals surface area contributed by atoms with Crippen molar-refractivity contribution in [3.63, 3.8) is 0 Å². The molecule has 5 rings (SSSR count). The summed E-state index contributed by atoms with van der Waals surface area (Å²) in [7, 11) is 0. The van der Waals surface area contributed by atoms with Crippen LogP contribution in [0.5, 0.6) is 5.75 Å². The monoisotopic (exact) mass is 420 g/mol. The van der Waals surface area contributed by atoms with Gasteiger partial charge in [0.25, 0.3) is 0 Å². The Balaban J connectivity index is 1.20. The van der Waals surface area contributed by atoms with Gasteiger partial charge in [-0.3, -0.25) is 4.90 Å². The van der Waals surface area contributed by atoms with Crippen LogP contribution in [0, 0.1) is 6.92 Å². The second kappa shape index (κ2) is 8.41. The van der Waals surface area contributed by atoms with Crippen LogP contribution in [0.3, 0.4) is 0 Å². The van der Waals surface area contributed by atoms with Crippen LogP contribution in [0.1, 0.15) is 16.4 Å². The zero-order chi connectivity index (χ0) is 20.3. The molecule has 0 bridgehead atoms. The molecule has 0 radical (unpaired) electrons. The van der Waals surface area contributed by atoms with E-state index in [4.69, 9.17) is 4.74 Å². The molecule has 4 aromatic rings. The first-order chi connectivity index (χ1) is 14.7. The van der Waals surface area contributed by atoms with Gasteiger partial charge in [-0.05, 0) is 31.2 Å². The van der Waals surface area contributed by atoms with Gasteiger partial charge in [0, 0.05) is 31.9 Å². The largest absolute Gasteiger partial charge is 0.486 e. The number of anilines is 1. The van der Waals surface area contributed by atoms with Gasteiger partial charge < -0.3 is 9.64 Å². The van der Waals surface area contributed by atoms with Crippen LogP contribution in [0.25, 0.3) is 4.96 Å². The van der Waals surface area contributed by atoms with Gasteiger partial charge in [0.2, 0.25) is 4.96 Å². The lowest BCUT2D eigenvalue weighted by atomic mass is 10.2. The quantitative estimate of drug-likeness (QED) is 0.477. The van der Waals surface area contributed by atoms with Crippen molar-refractivity contribution in [1.29, 1.82) is 0 Å². The van der Waals surface area contributed by atoms with Crippen LogP contribution in [0.4, 0.5) is 5.69 Å². The first-order valence-electron chi connectivity index (χ1n) is 10.2. The summed E-state index contributed by atoms with van der Waals surface area (Å²) in [5.41, 5.74) is 2.51. The SMILES string of the molecule is Cc1ccc(OCc2nn3c(CN4CCN(c5ccccc5)CC4)nnc3s2)cc1. The number of para-hydroxylation sites is 1. The van der Waals surface area contributed by atoms with Crippen molar-refractivity contribution in [2.45, 2.75) is 20.1 Å². The molecule has 1 fully saturated rings. The minimum atomic E-state index is 0.437. The molecule has 30 heavy (non-hydrogen) atoms. The highest BCUT2D eigenvalue weighted by molar-refractivity contribution is 7.16. The lowest BCUT2D eigenvalue weighted by Gasteiger charge is -2.35. The molecule has 0 atom stereocenters. The van der Waals surface area contributed by atoms with Crippen LogP contribution < -0.4 is 9.64 Å². The van der Waals surface area contributed by atoms with Gasteiger partial charge >= 0.3 is 0 Å². The van der Waals surface area contributed by atoms with Crippen molar-refractivity contribution >= 4 is 22.0 Å². The Morgan fingerprint density at radius 1 is 0.933 bits per heavy atom. The second-order valence-corrected chi connectivity index (χ2v) is 8.55. The Bertz CT molecular complexity index is 1100. The fourth-order valence-electron chi connectivity index (χ4n) is 3.64. The molecule has 0 N–H and O–H groups in total. The molecule has 0 unspecified atom stereocenters. The van der Waals surface area contributed by atoms with E-state index in [0.29, 0.717) is 6.61 Å². The van der Waals surface area contributed by atoms with Crippen molar-refractivity contribution in [2.75, 3.05) is 31.1 Å². The number of nitrogens with zero attached hydrogens (tertiary/aromatic N) is 6. The molecule has 1 aliphatic heterocycles. The first-order valence-corrected chi connectivity index (χ1v) is 11.0. The molecular formula is C22H24N6OS. The predicted molar refractivity (Wildman–Crippen MR) is 118 cm³/mol. The van der Waals surface area contributed by atoms with E-state index in [1.807, 2.05) is 28.8 Å². The highest BCUT2D eigenvalue weighted by Crippen LogP contribution is 2.20. The topological polar surface area (TPSA) is 58.8 Å². The van der Waals surface area contributed by atoms with Crippen molar-refractivity contribution in [1.82, 2.24) is 24.7 Å². The van der Waals surface area contributed by atoms with Gasteiger partial charge in [-0.1, -0.05) is 47.2 Å². The van der Waals surface area contributed by atoms with E-state index >= 15 is 0 Å². The standard InChI is InChI=1S/C22H24N6OS/c1-17-7-9-19(10-8-17)29-16-21-25-28-20(23-24-22(28)30-21)15-26-11-13-27(14-12-26)18-5-3-2-4-6-18/h2-10H,11-16H2,1H3. The van der Waals surface area contributed by atoms with Gasteiger partial charge in [-0.15, -0.1) is 10.2 Å². The van der Waals surface area contributed by atoms with E-state index in [0.717, 1.165) is 54.3 Å². The number of piperazine rings is 1. The molecular weight excluding hydrogens is 396 g/mol. The van der Waals surface area contributed by atoms with E-state index in [-0.39, 0.29) is 0 Å². The molecule has 0 aliphatic carbocycles. The van der Waals surface area contributed by atoms with Crippen LogP contribution in [0.2, 0.25) is 0 Å². The molecule has 1 saturated heterocycles. The number of fused-ring (bicyclic) bond motifs is 1. The molecule has 0 spiro atoms. The Morgan fingerprint density at radius 2 is 1.70 bits per heavy atom. The molecule has 0 amide bonds. The van der Waals surface area contributed by atoms with E-state index in [1.165, 1.54) is 22.6 Å². The fourth-order valence-corrected chi connectivity index (χ4v) is 4.40. The lowest BCUT2D eigenvalue weighted by Crippen LogP contribution is -2.46. The normalized spacial score (nSPS) is 15.0. The van der Waals surface area contributed by atoms with Gasteiger partial charge in [0.1, 0.15) is 12.4 Å². The van der Waals surface area contributed by atoms with Gasteiger partial charge in [-0.25, -0.2) is 0 Å². The molecule has 8 heteroatoms. The van der Waals surface area contributed by atoms with Crippen LogP contribution in [0.15, 0.2) is 54.6 Å². The molecule has 3 heterocycles. The summed E-state index contributed by atoms with van der Waals surface area (Å²) in [6.45, 7) is 7.28. The minimum absolute atomic E-state index is 0.437. The molecule has 0 saturated carbocycles. The first kappa shape index (κ1) is 19.0. The summed E-state index contributed by atoms with van der Waals surface area (Å²) in [4.78, 5) is 5.66. The van der Waals surface area contributed by atoms with Crippen molar-refractivity contribution in [2.24, 2.45) is 0 Å². The second-order valence-electron chi connectivity index (χ2n) is 7.51. The highest BCUT2D eigenvalue weighted by Gasteiger charge is 2.20. The van der Waals surface area contributed by atoms with Crippen molar-refractivity contribution in [3.8, 4) is 5.75 Å². The zero-order valence-corrected chi connectivity index (χ0v) is 17.8. The summed E-state index contributed by atoms with van der Waals surface area (Å²) < 4.78 is 7.72. The number of hydrogen-bond donors (Lipinski definition) is 0. The zero-order valence-electron chi connectivity index (χ0n) is 16.9. The molecule has 154 valence electrons. The van der Waals surface area contributed by atoms with E-state index in [1.54, 1.807) is 0 Å². The summed E-state index contributed by atoms with van der Waals surface area (Å²) in [5, 5.41) is 14.3. The summed E-state index contributed by atoms with van der Waals surface area (Å²) in [6.07, 6.45) is 0. The van der Waals surface area contributed by atoms with Gasteiger partial charge in [-0.2, -0.15) is 9.61 Å². The number of benzene rings is 2. The van der Waals surface area contributed by atoms with E-state index in [9.17, 15) is 0 Å². The number of aryl methyl sites for hydroxylation is 1. The lowest BCUT2D eigenvalue weighted by molar-refractivity contribution is 0.242. The fraction of sp³-hybridized carbons (Fsp3) is 0.318. The Hall–Kier alpha value is -2.97.